The molecule has 3 nitrogen and oxygen atoms in total. The van der Waals surface area contributed by atoms with Gasteiger partial charge in [-0.25, -0.2) is 9.37 Å². The third-order valence-corrected chi connectivity index (χ3v) is 3.88. The Morgan fingerprint density at radius 2 is 2.37 bits per heavy atom. The van der Waals surface area contributed by atoms with Crippen LogP contribution in [0.1, 0.15) is 51.8 Å². The first-order chi connectivity index (χ1) is 9.11. The van der Waals surface area contributed by atoms with Crippen molar-refractivity contribution in [2.24, 2.45) is 0 Å². The van der Waals surface area contributed by atoms with Crippen molar-refractivity contribution in [1.29, 1.82) is 0 Å². The van der Waals surface area contributed by atoms with E-state index in [4.69, 9.17) is 0 Å². The van der Waals surface area contributed by atoms with Crippen LogP contribution in [-0.2, 0) is 13.0 Å². The molecule has 4 heteroatoms. The van der Waals surface area contributed by atoms with E-state index in [2.05, 4.69) is 21.8 Å². The maximum absolute atomic E-state index is 14.8. The largest absolute Gasteiger partial charge is 0.335 e. The van der Waals surface area contributed by atoms with Gasteiger partial charge in [-0.2, -0.15) is 0 Å². The van der Waals surface area contributed by atoms with Crippen LogP contribution in [0.3, 0.4) is 0 Å². The Hall–Kier alpha value is -0.900. The van der Waals surface area contributed by atoms with Gasteiger partial charge in [0.05, 0.1) is 0 Å². The Kier molecular flexibility index (Phi) is 4.97. The van der Waals surface area contributed by atoms with Gasteiger partial charge in [0.1, 0.15) is 11.5 Å². The van der Waals surface area contributed by atoms with Crippen molar-refractivity contribution in [3.8, 4) is 0 Å². The molecule has 0 aliphatic carbocycles. The average molecular weight is 267 g/mol. The highest BCUT2D eigenvalue weighted by molar-refractivity contribution is 4.99. The number of nitrogens with zero attached hydrogens (tertiary/aromatic N) is 2. The van der Waals surface area contributed by atoms with Crippen molar-refractivity contribution in [3.63, 3.8) is 0 Å². The molecule has 0 radical (unpaired) electrons. The lowest BCUT2D eigenvalue weighted by molar-refractivity contribution is 0.142. The van der Waals surface area contributed by atoms with Crippen molar-refractivity contribution in [3.05, 3.63) is 18.2 Å². The number of hydrogen-bond acceptors (Lipinski definition) is 2. The monoisotopic (exact) mass is 267 g/mol. The lowest BCUT2D eigenvalue weighted by Crippen LogP contribution is -2.40. The maximum atomic E-state index is 14.8. The fraction of sp³-hybridized carbons (Fsp3) is 0.800. The van der Waals surface area contributed by atoms with Crippen LogP contribution in [0.5, 0.6) is 0 Å². The molecule has 2 rings (SSSR count). The molecule has 2 atom stereocenters. The zero-order chi connectivity index (χ0) is 13.7. The van der Waals surface area contributed by atoms with E-state index >= 15 is 0 Å². The summed E-state index contributed by atoms with van der Waals surface area (Å²) < 4.78 is 16.8. The van der Waals surface area contributed by atoms with Crippen molar-refractivity contribution >= 4 is 0 Å². The van der Waals surface area contributed by atoms with Crippen LogP contribution in [0.25, 0.3) is 0 Å². The van der Waals surface area contributed by atoms with Gasteiger partial charge in [0.25, 0.3) is 0 Å². The molecule has 1 N–H and O–H groups in total. The molecular weight excluding hydrogens is 241 g/mol. The minimum absolute atomic E-state index is 0.332. The first-order valence-corrected chi connectivity index (χ1v) is 7.53. The Morgan fingerprint density at radius 1 is 1.53 bits per heavy atom. The van der Waals surface area contributed by atoms with E-state index in [-0.39, 0.29) is 0 Å². The van der Waals surface area contributed by atoms with E-state index in [1.807, 2.05) is 6.20 Å². The van der Waals surface area contributed by atoms with Crippen molar-refractivity contribution in [2.75, 3.05) is 6.54 Å². The molecule has 0 spiro atoms. The molecule has 1 fully saturated rings. The number of halogens is 1. The molecule has 2 unspecified atom stereocenters. The van der Waals surface area contributed by atoms with Gasteiger partial charge in [-0.05, 0) is 39.2 Å². The van der Waals surface area contributed by atoms with E-state index in [0.29, 0.717) is 18.9 Å². The summed E-state index contributed by atoms with van der Waals surface area (Å²) >= 11 is 0. The van der Waals surface area contributed by atoms with Crippen molar-refractivity contribution < 1.29 is 4.39 Å². The maximum Gasteiger partial charge on any atom is 0.116 e. The quantitative estimate of drug-likeness (QED) is 0.858. The van der Waals surface area contributed by atoms with Gasteiger partial charge in [-0.3, -0.25) is 0 Å². The van der Waals surface area contributed by atoms with Gasteiger partial charge in [0.2, 0.25) is 0 Å². The van der Waals surface area contributed by atoms with E-state index in [0.717, 1.165) is 31.8 Å². The predicted molar refractivity (Wildman–Crippen MR) is 76.0 cm³/mol. The molecule has 0 saturated carbocycles. The van der Waals surface area contributed by atoms with Gasteiger partial charge >= 0.3 is 0 Å². The smallest absolute Gasteiger partial charge is 0.116 e. The highest BCUT2D eigenvalue weighted by Crippen LogP contribution is 2.25. The molecule has 1 saturated heterocycles. The van der Waals surface area contributed by atoms with Gasteiger partial charge in [-0.15, -0.1) is 0 Å². The summed E-state index contributed by atoms with van der Waals surface area (Å²) in [6, 6.07) is 0.332. The van der Waals surface area contributed by atoms with Crippen molar-refractivity contribution in [1.82, 2.24) is 14.9 Å². The molecule has 0 bridgehead atoms. The summed E-state index contributed by atoms with van der Waals surface area (Å²) in [5, 5.41) is 3.43. The summed E-state index contributed by atoms with van der Waals surface area (Å²) in [6.07, 6.45) is 9.33. The summed E-state index contributed by atoms with van der Waals surface area (Å²) in [6.45, 7) is 5.80. The zero-order valence-corrected chi connectivity index (χ0v) is 12.2. The van der Waals surface area contributed by atoms with Gasteiger partial charge < -0.3 is 9.88 Å². The standard InChI is InChI=1S/C15H26FN3/c1-3-9-19-10-8-18-14(19)12-15(2,16)11-13-6-4-5-7-17-13/h8,10,13,17H,3-7,9,11-12H2,1-2H3. The molecule has 2 heterocycles. The van der Waals surface area contributed by atoms with E-state index in [9.17, 15) is 4.39 Å². The number of rotatable bonds is 6. The third kappa shape index (κ3) is 4.30. The molecular formula is C15H26FN3. The van der Waals surface area contributed by atoms with Gasteiger partial charge in [0, 0.05) is 31.4 Å². The topological polar surface area (TPSA) is 29.9 Å². The highest BCUT2D eigenvalue weighted by Gasteiger charge is 2.30. The van der Waals surface area contributed by atoms with Crippen LogP contribution in [0.4, 0.5) is 4.39 Å². The van der Waals surface area contributed by atoms with E-state index in [1.165, 1.54) is 12.8 Å². The van der Waals surface area contributed by atoms with Gasteiger partial charge in [0.15, 0.2) is 0 Å². The second-order valence-electron chi connectivity index (χ2n) is 5.98. The predicted octanol–water partition coefficient (Wildman–Crippen LogP) is 3.10. The Bertz CT molecular complexity index is 380. The third-order valence-electron chi connectivity index (χ3n) is 3.88. The first-order valence-electron chi connectivity index (χ1n) is 7.53. The molecule has 1 aliphatic heterocycles. The SMILES string of the molecule is CCCn1ccnc1CC(C)(F)CC1CCCCN1. The van der Waals surface area contributed by atoms with Crippen LogP contribution < -0.4 is 5.32 Å². The Morgan fingerprint density at radius 3 is 3.05 bits per heavy atom. The number of alkyl halides is 1. The molecule has 19 heavy (non-hydrogen) atoms. The molecule has 0 amide bonds. The lowest BCUT2D eigenvalue weighted by Gasteiger charge is -2.29. The number of imidazole rings is 1. The van der Waals surface area contributed by atoms with Crippen LogP contribution in [-0.4, -0.2) is 27.8 Å². The van der Waals surface area contributed by atoms with Crippen LogP contribution in [0, 0.1) is 0 Å². The Labute approximate surface area is 115 Å². The number of aromatic nitrogens is 2. The highest BCUT2D eigenvalue weighted by atomic mass is 19.1. The molecule has 1 aromatic rings. The second kappa shape index (κ2) is 6.51. The van der Waals surface area contributed by atoms with Crippen LogP contribution in [0.2, 0.25) is 0 Å². The van der Waals surface area contributed by atoms with Gasteiger partial charge in [-0.1, -0.05) is 13.3 Å². The first kappa shape index (κ1) is 14.5. The average Bonchev–Trinajstić information content (AvgIpc) is 2.77. The minimum atomic E-state index is -1.17. The van der Waals surface area contributed by atoms with Crippen LogP contribution in [0.15, 0.2) is 12.4 Å². The van der Waals surface area contributed by atoms with E-state index in [1.54, 1.807) is 13.1 Å². The fourth-order valence-corrected chi connectivity index (χ4v) is 2.97. The molecule has 0 aromatic carbocycles. The van der Waals surface area contributed by atoms with Crippen LogP contribution >= 0.6 is 0 Å². The summed E-state index contributed by atoms with van der Waals surface area (Å²) in [5.41, 5.74) is -1.17. The van der Waals surface area contributed by atoms with Crippen molar-refractivity contribution in [2.45, 2.75) is 70.6 Å². The minimum Gasteiger partial charge on any atom is -0.335 e. The Balaban J connectivity index is 1.93. The molecule has 1 aliphatic rings. The summed E-state index contributed by atoms with van der Waals surface area (Å²) in [7, 11) is 0. The normalized spacial score (nSPS) is 23.2. The summed E-state index contributed by atoms with van der Waals surface area (Å²) in [5.74, 6) is 0.877. The molecule has 108 valence electrons. The fourth-order valence-electron chi connectivity index (χ4n) is 2.97. The summed E-state index contributed by atoms with van der Waals surface area (Å²) in [4.78, 5) is 4.32. The molecule has 1 aromatic heterocycles. The zero-order valence-electron chi connectivity index (χ0n) is 12.2. The number of hydrogen-bond donors (Lipinski definition) is 1. The number of aryl methyl sites for hydroxylation is 1. The second-order valence-corrected chi connectivity index (χ2v) is 5.98. The lowest BCUT2D eigenvalue weighted by atomic mass is 9.90. The number of nitrogens with one attached hydrogen (secondary N) is 1. The van der Waals surface area contributed by atoms with E-state index < -0.39 is 5.67 Å². The number of piperidine rings is 1.